The molecule has 3 rings (SSSR count). The van der Waals surface area contributed by atoms with Gasteiger partial charge in [0.15, 0.2) is 23.3 Å². The molecule has 2 heterocycles. The molecule has 1 aliphatic rings. The number of benzene rings is 1. The zero-order chi connectivity index (χ0) is 19.4. The van der Waals surface area contributed by atoms with Crippen LogP contribution in [0.4, 0.5) is 9.52 Å². The number of anilines is 1. The fraction of sp³-hybridized carbons (Fsp3) is 0.474. The van der Waals surface area contributed by atoms with Crippen molar-refractivity contribution < 1.29 is 13.9 Å². The van der Waals surface area contributed by atoms with Crippen LogP contribution in [0.15, 0.2) is 28.1 Å². The molecule has 27 heavy (non-hydrogen) atoms. The summed E-state index contributed by atoms with van der Waals surface area (Å²) in [4.78, 5) is 18.9. The van der Waals surface area contributed by atoms with Gasteiger partial charge in [0.1, 0.15) is 0 Å². The highest BCUT2D eigenvalue weighted by Gasteiger charge is 2.22. The molecule has 1 aromatic heterocycles. The first-order valence-corrected chi connectivity index (χ1v) is 10.6. The van der Waals surface area contributed by atoms with Crippen LogP contribution in [0.3, 0.4) is 0 Å². The van der Waals surface area contributed by atoms with Crippen LogP contribution in [0.5, 0.6) is 5.75 Å². The minimum absolute atomic E-state index is 0.0431. The van der Waals surface area contributed by atoms with Crippen molar-refractivity contribution >= 4 is 38.3 Å². The number of hydrogen-bond donors (Lipinski definition) is 1. The Hall–Kier alpha value is -1.51. The molecule has 1 aromatic carbocycles. The number of thiazole rings is 1. The Morgan fingerprint density at radius 2 is 2.15 bits per heavy atom. The molecule has 5 nitrogen and oxygen atoms in total. The van der Waals surface area contributed by atoms with Gasteiger partial charge in [-0.15, -0.1) is 11.3 Å². The summed E-state index contributed by atoms with van der Waals surface area (Å²) in [5, 5.41) is 5.21. The van der Waals surface area contributed by atoms with E-state index in [1.807, 2.05) is 5.38 Å². The molecule has 2 aromatic rings. The molecule has 146 valence electrons. The van der Waals surface area contributed by atoms with Gasteiger partial charge in [-0.25, -0.2) is 9.37 Å². The second kappa shape index (κ2) is 9.12. The second-order valence-electron chi connectivity index (χ2n) is 7.20. The summed E-state index contributed by atoms with van der Waals surface area (Å²) in [5.41, 5.74) is 0.955. The molecule has 1 fully saturated rings. The van der Waals surface area contributed by atoms with E-state index in [1.54, 1.807) is 6.07 Å². The lowest BCUT2D eigenvalue weighted by Crippen LogP contribution is -2.38. The Balaban J connectivity index is 1.49. The van der Waals surface area contributed by atoms with Crippen LogP contribution >= 0.6 is 27.3 Å². The van der Waals surface area contributed by atoms with Crippen molar-refractivity contribution in [3.63, 3.8) is 0 Å². The summed E-state index contributed by atoms with van der Waals surface area (Å²) >= 11 is 4.57. The predicted octanol–water partition coefficient (Wildman–Crippen LogP) is 4.54. The summed E-state index contributed by atoms with van der Waals surface area (Å²) in [6, 6.07) is 4.43. The number of piperidine rings is 1. The fourth-order valence-corrected chi connectivity index (χ4v) is 4.53. The third-order valence-electron chi connectivity index (χ3n) is 4.38. The molecular weight excluding hydrogens is 433 g/mol. The Morgan fingerprint density at radius 1 is 1.41 bits per heavy atom. The van der Waals surface area contributed by atoms with E-state index in [4.69, 9.17) is 4.74 Å². The number of amides is 1. The van der Waals surface area contributed by atoms with E-state index in [0.29, 0.717) is 21.4 Å². The van der Waals surface area contributed by atoms with Crippen molar-refractivity contribution in [3.8, 4) is 5.75 Å². The number of rotatable bonds is 6. The summed E-state index contributed by atoms with van der Waals surface area (Å²) in [6.45, 7) is 7.25. The van der Waals surface area contributed by atoms with Gasteiger partial charge in [0.25, 0.3) is 5.91 Å². The first-order chi connectivity index (χ1) is 12.9. The standard InChI is InChI=1S/C19H23BrFN3O2S/c1-12-5-13(2)8-24(7-12)9-15-11-27-19(22-15)23-18(25)10-26-17-4-3-14(20)6-16(17)21/h3-4,6,11-13H,5,7-10H2,1-2H3,(H,22,23,25)/t12-,13+. The van der Waals surface area contributed by atoms with Crippen LogP contribution in [0.1, 0.15) is 26.0 Å². The summed E-state index contributed by atoms with van der Waals surface area (Å²) in [5.74, 6) is 0.559. The molecule has 1 amide bonds. The first-order valence-electron chi connectivity index (χ1n) is 8.93. The lowest BCUT2D eigenvalue weighted by atomic mass is 9.92. The number of aromatic nitrogens is 1. The molecule has 1 saturated heterocycles. The van der Waals surface area contributed by atoms with Gasteiger partial charge < -0.3 is 4.74 Å². The highest BCUT2D eigenvalue weighted by Crippen LogP contribution is 2.24. The van der Waals surface area contributed by atoms with Crippen molar-refractivity contribution in [2.24, 2.45) is 11.8 Å². The van der Waals surface area contributed by atoms with Crippen molar-refractivity contribution in [2.75, 3.05) is 25.0 Å². The Bertz CT molecular complexity index is 791. The van der Waals surface area contributed by atoms with Crippen LogP contribution in [0.25, 0.3) is 0 Å². The number of nitrogens with one attached hydrogen (secondary N) is 1. The van der Waals surface area contributed by atoms with Crippen LogP contribution in [0, 0.1) is 17.7 Å². The van der Waals surface area contributed by atoms with Gasteiger partial charge in [0.2, 0.25) is 0 Å². The molecule has 0 radical (unpaired) electrons. The number of hydrogen-bond acceptors (Lipinski definition) is 5. The highest BCUT2D eigenvalue weighted by molar-refractivity contribution is 9.10. The molecule has 0 bridgehead atoms. The van der Waals surface area contributed by atoms with Crippen LogP contribution in [-0.2, 0) is 11.3 Å². The summed E-state index contributed by atoms with van der Waals surface area (Å²) in [7, 11) is 0. The van der Waals surface area contributed by atoms with Crippen LogP contribution < -0.4 is 10.1 Å². The van der Waals surface area contributed by atoms with E-state index < -0.39 is 5.82 Å². The van der Waals surface area contributed by atoms with Crippen LogP contribution in [0.2, 0.25) is 0 Å². The normalized spacial score (nSPS) is 20.4. The molecule has 1 aliphatic heterocycles. The molecule has 0 aliphatic carbocycles. The largest absolute Gasteiger partial charge is 0.481 e. The first kappa shape index (κ1) is 20.2. The zero-order valence-electron chi connectivity index (χ0n) is 15.4. The number of likely N-dealkylation sites (tertiary alicyclic amines) is 1. The molecule has 1 N–H and O–H groups in total. The number of halogens is 2. The summed E-state index contributed by atoms with van der Waals surface area (Å²) < 4.78 is 19.6. The molecule has 0 unspecified atom stereocenters. The van der Waals surface area contributed by atoms with E-state index in [1.165, 1.54) is 29.9 Å². The maximum atomic E-state index is 13.7. The maximum absolute atomic E-state index is 13.7. The lowest BCUT2D eigenvalue weighted by molar-refractivity contribution is -0.118. The zero-order valence-corrected chi connectivity index (χ0v) is 17.8. The van der Waals surface area contributed by atoms with Crippen molar-refractivity contribution in [1.29, 1.82) is 0 Å². The van der Waals surface area contributed by atoms with Crippen molar-refractivity contribution in [2.45, 2.75) is 26.8 Å². The smallest absolute Gasteiger partial charge is 0.264 e. The Morgan fingerprint density at radius 3 is 2.85 bits per heavy atom. The minimum atomic E-state index is -0.515. The number of nitrogens with zero attached hydrogens (tertiary/aromatic N) is 2. The lowest BCUT2D eigenvalue weighted by Gasteiger charge is -2.34. The highest BCUT2D eigenvalue weighted by atomic mass is 79.9. The maximum Gasteiger partial charge on any atom is 0.264 e. The number of carbonyl (C=O) groups excluding carboxylic acids is 1. The number of ether oxygens (including phenoxy) is 1. The third-order valence-corrected chi connectivity index (χ3v) is 5.68. The van der Waals surface area contributed by atoms with E-state index >= 15 is 0 Å². The molecule has 0 saturated carbocycles. The van der Waals surface area contributed by atoms with Gasteiger partial charge in [0.05, 0.1) is 5.69 Å². The van der Waals surface area contributed by atoms with Gasteiger partial charge in [0, 0.05) is 29.5 Å². The quantitative estimate of drug-likeness (QED) is 0.694. The van der Waals surface area contributed by atoms with Gasteiger partial charge in [-0.1, -0.05) is 29.8 Å². The Labute approximate surface area is 171 Å². The van der Waals surface area contributed by atoms with Gasteiger partial charge in [-0.2, -0.15) is 0 Å². The third kappa shape index (κ3) is 5.99. The molecular formula is C19H23BrFN3O2S. The van der Waals surface area contributed by atoms with Crippen molar-refractivity contribution in [1.82, 2.24) is 9.88 Å². The average Bonchev–Trinajstić information content (AvgIpc) is 3.00. The molecule has 0 spiro atoms. The van der Waals surface area contributed by atoms with E-state index in [2.05, 4.69) is 45.0 Å². The fourth-order valence-electron chi connectivity index (χ4n) is 3.48. The van der Waals surface area contributed by atoms with E-state index in [-0.39, 0.29) is 18.3 Å². The van der Waals surface area contributed by atoms with Gasteiger partial charge >= 0.3 is 0 Å². The second-order valence-corrected chi connectivity index (χ2v) is 8.97. The molecule has 8 heteroatoms. The van der Waals surface area contributed by atoms with E-state index in [0.717, 1.165) is 25.3 Å². The Kier molecular flexibility index (Phi) is 6.83. The predicted molar refractivity (Wildman–Crippen MR) is 109 cm³/mol. The SMILES string of the molecule is C[C@@H]1C[C@H](C)CN(Cc2csc(NC(=O)COc3ccc(Br)cc3F)n2)C1. The van der Waals surface area contributed by atoms with Gasteiger partial charge in [-0.05, 0) is 36.5 Å². The number of carbonyl (C=O) groups is 1. The topological polar surface area (TPSA) is 54.5 Å². The molecule has 2 atom stereocenters. The van der Waals surface area contributed by atoms with Crippen molar-refractivity contribution in [3.05, 3.63) is 39.6 Å². The van der Waals surface area contributed by atoms with E-state index in [9.17, 15) is 9.18 Å². The minimum Gasteiger partial charge on any atom is -0.481 e. The van der Waals surface area contributed by atoms with Gasteiger partial charge in [-0.3, -0.25) is 15.0 Å². The average molecular weight is 456 g/mol. The monoisotopic (exact) mass is 455 g/mol. The summed E-state index contributed by atoms with van der Waals surface area (Å²) in [6.07, 6.45) is 1.27. The van der Waals surface area contributed by atoms with Crippen LogP contribution in [-0.4, -0.2) is 35.5 Å².